The Labute approximate surface area is 227 Å². The van der Waals surface area contributed by atoms with Gasteiger partial charge in [-0.1, -0.05) is 13.8 Å². The number of imidazole rings is 1. The Kier molecular flexibility index (Phi) is 11.1. The number of aromatic nitrogens is 2. The number of carbonyl (C=O) groups is 2. The van der Waals surface area contributed by atoms with Crippen molar-refractivity contribution in [3.63, 3.8) is 0 Å². The Hall–Kier alpha value is -3.63. The average molecular weight is 542 g/mol. The molecule has 2 aromatic carbocycles. The minimum absolute atomic E-state index is 0.00823. The van der Waals surface area contributed by atoms with Gasteiger partial charge in [-0.2, -0.15) is 0 Å². The number of halogens is 2. The van der Waals surface area contributed by atoms with Gasteiger partial charge in [0.2, 0.25) is 0 Å². The van der Waals surface area contributed by atoms with Gasteiger partial charge in [0.05, 0.1) is 18.5 Å². The number of aromatic amines is 1. The van der Waals surface area contributed by atoms with Gasteiger partial charge in [0.25, 0.3) is 11.8 Å². The maximum Gasteiger partial charge on any atom is 0.253 e. The van der Waals surface area contributed by atoms with Gasteiger partial charge in [-0.05, 0) is 67.6 Å². The molecular weight excluding hydrogens is 504 g/mol. The molecule has 0 saturated heterocycles. The predicted octanol–water partition coefficient (Wildman–Crippen LogP) is 3.75. The fourth-order valence-corrected chi connectivity index (χ4v) is 4.47. The summed E-state index contributed by atoms with van der Waals surface area (Å²) < 4.78 is 27.7. The molecule has 0 radical (unpaired) electrons. The van der Waals surface area contributed by atoms with Gasteiger partial charge in [0.15, 0.2) is 0 Å². The van der Waals surface area contributed by atoms with Crippen LogP contribution in [0.15, 0.2) is 48.9 Å². The van der Waals surface area contributed by atoms with Crippen LogP contribution in [0.4, 0.5) is 8.78 Å². The van der Waals surface area contributed by atoms with E-state index in [-0.39, 0.29) is 24.4 Å². The minimum atomic E-state index is -1.08. The molecule has 39 heavy (non-hydrogen) atoms. The zero-order chi connectivity index (χ0) is 28.4. The molecular formula is C29H37F2N5O3. The molecule has 3 aromatic rings. The van der Waals surface area contributed by atoms with E-state index < -0.39 is 29.7 Å². The first-order chi connectivity index (χ1) is 18.7. The summed E-state index contributed by atoms with van der Waals surface area (Å²) in [6.45, 7) is 7.55. The lowest BCUT2D eigenvalue weighted by molar-refractivity contribution is 0.0755. The smallest absolute Gasteiger partial charge is 0.253 e. The Morgan fingerprint density at radius 3 is 2.31 bits per heavy atom. The van der Waals surface area contributed by atoms with E-state index in [0.717, 1.165) is 30.2 Å². The number of aliphatic hydroxyl groups is 1. The van der Waals surface area contributed by atoms with Crippen molar-refractivity contribution in [2.24, 2.45) is 0 Å². The summed E-state index contributed by atoms with van der Waals surface area (Å²) in [6, 6.07) is 7.20. The van der Waals surface area contributed by atoms with Crippen LogP contribution < -0.4 is 10.6 Å². The number of aliphatic hydroxyl groups excluding tert-OH is 1. The molecule has 0 aliphatic carbocycles. The molecule has 8 nitrogen and oxygen atoms in total. The molecule has 0 fully saturated rings. The highest BCUT2D eigenvalue weighted by Gasteiger charge is 2.24. The zero-order valence-electron chi connectivity index (χ0n) is 22.6. The molecule has 0 unspecified atom stereocenters. The van der Waals surface area contributed by atoms with Gasteiger partial charge in [0, 0.05) is 55.3 Å². The number of nitrogens with one attached hydrogen (secondary N) is 3. The second-order valence-electron chi connectivity index (χ2n) is 9.72. The molecule has 0 spiro atoms. The normalized spacial score (nSPS) is 12.7. The summed E-state index contributed by atoms with van der Waals surface area (Å²) in [5.41, 5.74) is 2.52. The molecule has 0 aliphatic rings. The van der Waals surface area contributed by atoms with Crippen molar-refractivity contribution in [2.75, 3.05) is 19.6 Å². The third-order valence-corrected chi connectivity index (χ3v) is 6.24. The first kappa shape index (κ1) is 29.9. The van der Waals surface area contributed by atoms with Crippen molar-refractivity contribution in [2.45, 2.75) is 58.7 Å². The molecule has 2 amide bonds. The van der Waals surface area contributed by atoms with Gasteiger partial charge in [0.1, 0.15) is 11.6 Å². The number of H-pyrrole nitrogens is 1. The Bertz CT molecular complexity index is 1210. The quantitative estimate of drug-likeness (QED) is 0.249. The van der Waals surface area contributed by atoms with Crippen LogP contribution >= 0.6 is 0 Å². The number of hydrogen-bond acceptors (Lipinski definition) is 5. The van der Waals surface area contributed by atoms with E-state index in [0.29, 0.717) is 30.8 Å². The highest BCUT2D eigenvalue weighted by atomic mass is 19.1. The molecule has 2 atom stereocenters. The van der Waals surface area contributed by atoms with Crippen LogP contribution in [0.5, 0.6) is 0 Å². The molecule has 1 heterocycles. The van der Waals surface area contributed by atoms with Crippen LogP contribution in [0.3, 0.4) is 0 Å². The van der Waals surface area contributed by atoms with Crippen molar-refractivity contribution in [3.8, 4) is 0 Å². The number of amides is 2. The largest absolute Gasteiger partial charge is 0.390 e. The second-order valence-corrected chi connectivity index (χ2v) is 9.72. The highest BCUT2D eigenvalue weighted by molar-refractivity contribution is 6.00. The van der Waals surface area contributed by atoms with Gasteiger partial charge in [-0.15, -0.1) is 0 Å². The fourth-order valence-electron chi connectivity index (χ4n) is 4.47. The van der Waals surface area contributed by atoms with Gasteiger partial charge in [-0.25, -0.2) is 13.8 Å². The van der Waals surface area contributed by atoms with E-state index in [9.17, 15) is 23.5 Å². The SMILES string of the molecule is CCCN(CCC)C(=O)c1cc(C)cc(C(=O)N[C@@H](Cc2cc(F)cc(F)c2)[C@H](O)CNCc2cnc[nH]2)c1. The Morgan fingerprint density at radius 2 is 1.69 bits per heavy atom. The average Bonchev–Trinajstić information content (AvgIpc) is 3.40. The van der Waals surface area contributed by atoms with Gasteiger partial charge < -0.3 is 25.6 Å². The van der Waals surface area contributed by atoms with Crippen molar-refractivity contribution in [1.82, 2.24) is 25.5 Å². The molecule has 10 heteroatoms. The monoisotopic (exact) mass is 541 g/mol. The third kappa shape index (κ3) is 8.97. The van der Waals surface area contributed by atoms with E-state index in [1.54, 1.807) is 42.5 Å². The van der Waals surface area contributed by atoms with Crippen LogP contribution in [0, 0.1) is 18.6 Å². The predicted molar refractivity (Wildman–Crippen MR) is 145 cm³/mol. The minimum Gasteiger partial charge on any atom is -0.390 e. The summed E-state index contributed by atoms with van der Waals surface area (Å²) in [4.78, 5) is 35.2. The Balaban J connectivity index is 1.80. The lowest BCUT2D eigenvalue weighted by Crippen LogP contribution is -2.48. The molecule has 0 saturated carbocycles. The number of aryl methyl sites for hydroxylation is 1. The number of nitrogens with zero attached hydrogens (tertiary/aromatic N) is 2. The van der Waals surface area contributed by atoms with Crippen molar-refractivity contribution in [3.05, 3.63) is 88.5 Å². The van der Waals surface area contributed by atoms with Crippen molar-refractivity contribution < 1.29 is 23.5 Å². The van der Waals surface area contributed by atoms with Crippen molar-refractivity contribution >= 4 is 11.8 Å². The number of benzene rings is 2. The maximum absolute atomic E-state index is 13.9. The number of rotatable bonds is 14. The van der Waals surface area contributed by atoms with Crippen LogP contribution in [0.25, 0.3) is 0 Å². The molecule has 3 rings (SSSR count). The van der Waals surface area contributed by atoms with E-state index >= 15 is 0 Å². The highest BCUT2D eigenvalue weighted by Crippen LogP contribution is 2.16. The van der Waals surface area contributed by atoms with Crippen molar-refractivity contribution in [1.29, 1.82) is 0 Å². The van der Waals surface area contributed by atoms with Crippen LogP contribution in [0.2, 0.25) is 0 Å². The van der Waals surface area contributed by atoms with E-state index in [1.165, 1.54) is 12.1 Å². The van der Waals surface area contributed by atoms with E-state index in [4.69, 9.17) is 0 Å². The lowest BCUT2D eigenvalue weighted by Gasteiger charge is -2.25. The topological polar surface area (TPSA) is 110 Å². The fraction of sp³-hybridized carbons (Fsp3) is 0.414. The number of carbonyl (C=O) groups excluding carboxylic acids is 2. The summed E-state index contributed by atoms with van der Waals surface area (Å²) in [5, 5.41) is 16.9. The first-order valence-corrected chi connectivity index (χ1v) is 13.2. The second kappa shape index (κ2) is 14.5. The standard InChI is InChI=1S/C29H37F2N5O3/c1-4-6-36(7-5-2)29(39)22-9-19(3)8-21(13-22)28(38)35-26(12-20-10-23(30)14-24(31)11-20)27(37)17-32-15-25-16-33-18-34-25/h8-11,13-14,16,18,26-27,32,37H,4-7,12,15,17H2,1-3H3,(H,33,34)(H,35,38)/t26-,27+/m0/s1. The van der Waals surface area contributed by atoms with Crippen LogP contribution in [-0.2, 0) is 13.0 Å². The summed E-state index contributed by atoms with van der Waals surface area (Å²) in [6.07, 6.45) is 3.73. The van der Waals surface area contributed by atoms with Crippen LogP contribution in [-0.4, -0.2) is 63.6 Å². The first-order valence-electron chi connectivity index (χ1n) is 13.2. The molecule has 0 bridgehead atoms. The molecule has 210 valence electrons. The number of hydrogen-bond donors (Lipinski definition) is 4. The van der Waals surface area contributed by atoms with E-state index in [1.807, 2.05) is 13.8 Å². The van der Waals surface area contributed by atoms with E-state index in [2.05, 4.69) is 20.6 Å². The van der Waals surface area contributed by atoms with Gasteiger partial charge in [-0.3, -0.25) is 9.59 Å². The summed E-state index contributed by atoms with van der Waals surface area (Å²) in [7, 11) is 0. The molecule has 1 aromatic heterocycles. The van der Waals surface area contributed by atoms with Crippen LogP contribution in [0.1, 0.15) is 64.2 Å². The lowest BCUT2D eigenvalue weighted by atomic mass is 9.99. The third-order valence-electron chi connectivity index (χ3n) is 6.24. The summed E-state index contributed by atoms with van der Waals surface area (Å²) >= 11 is 0. The van der Waals surface area contributed by atoms with Gasteiger partial charge >= 0.3 is 0 Å². The maximum atomic E-state index is 13.9. The zero-order valence-corrected chi connectivity index (χ0v) is 22.6. The summed E-state index contributed by atoms with van der Waals surface area (Å²) in [5.74, 6) is -2.13. The Morgan fingerprint density at radius 1 is 1.03 bits per heavy atom. The molecule has 4 N–H and O–H groups in total. The molecule has 0 aliphatic heterocycles.